The molecule has 0 fully saturated rings. The average molecular weight is 310 g/mol. The van der Waals surface area contributed by atoms with Gasteiger partial charge in [-0.15, -0.1) is 0 Å². The number of benzene rings is 2. The number of carbonyl (C=O) groups excluding carboxylic acids is 1. The number of esters is 1. The van der Waals surface area contributed by atoms with Gasteiger partial charge in [-0.25, -0.2) is 9.78 Å². The van der Waals surface area contributed by atoms with E-state index in [1.807, 2.05) is 0 Å². The summed E-state index contributed by atoms with van der Waals surface area (Å²) in [5.41, 5.74) is 1.46. The Morgan fingerprint density at radius 2 is 1.83 bits per heavy atom. The van der Waals surface area contributed by atoms with E-state index in [9.17, 15) is 9.59 Å². The first kappa shape index (κ1) is 14.8. The molecule has 3 aromatic rings. The van der Waals surface area contributed by atoms with Crippen LogP contribution in [-0.4, -0.2) is 30.2 Å². The van der Waals surface area contributed by atoms with Crippen molar-refractivity contribution in [2.24, 2.45) is 0 Å². The van der Waals surface area contributed by atoms with Crippen molar-refractivity contribution in [2.45, 2.75) is 0 Å². The number of rotatable bonds is 3. The van der Waals surface area contributed by atoms with Gasteiger partial charge >= 0.3 is 5.97 Å². The number of methoxy groups -OCH3 is 2. The largest absolute Gasteiger partial charge is 0.497 e. The van der Waals surface area contributed by atoms with Crippen LogP contribution in [0.25, 0.3) is 22.3 Å². The fraction of sp³-hybridized carbons (Fsp3) is 0.118. The third-order valence-corrected chi connectivity index (χ3v) is 3.49. The topological polar surface area (TPSA) is 81.3 Å². The van der Waals surface area contributed by atoms with E-state index in [4.69, 9.17) is 4.74 Å². The highest BCUT2D eigenvalue weighted by Gasteiger charge is 2.09. The molecule has 3 rings (SSSR count). The molecule has 0 spiro atoms. The molecule has 23 heavy (non-hydrogen) atoms. The molecule has 0 bridgehead atoms. The van der Waals surface area contributed by atoms with Crippen LogP contribution >= 0.6 is 0 Å². The Balaban J connectivity index is 2.06. The number of ether oxygens (including phenoxy) is 2. The minimum absolute atomic E-state index is 0.249. The highest BCUT2D eigenvalue weighted by Crippen LogP contribution is 2.20. The van der Waals surface area contributed by atoms with Crippen LogP contribution in [0.1, 0.15) is 10.4 Å². The molecule has 0 saturated heterocycles. The lowest BCUT2D eigenvalue weighted by molar-refractivity contribution is 0.0601. The van der Waals surface area contributed by atoms with E-state index in [1.165, 1.54) is 7.11 Å². The summed E-state index contributed by atoms with van der Waals surface area (Å²) in [7, 11) is 2.87. The van der Waals surface area contributed by atoms with Crippen molar-refractivity contribution in [3.05, 3.63) is 58.4 Å². The zero-order chi connectivity index (χ0) is 16.4. The molecule has 1 heterocycles. The predicted octanol–water partition coefficient (Wildman–Crippen LogP) is 2.39. The van der Waals surface area contributed by atoms with Gasteiger partial charge in [0.1, 0.15) is 11.6 Å². The molecule has 116 valence electrons. The molecular formula is C17H14N2O4. The SMILES string of the molecule is COC(=O)c1ccc(-c2nc3ccc(OC)cc3c(=O)[nH]2)cc1. The quantitative estimate of drug-likeness (QED) is 0.751. The lowest BCUT2D eigenvalue weighted by Gasteiger charge is -2.06. The zero-order valence-corrected chi connectivity index (χ0v) is 12.6. The Morgan fingerprint density at radius 1 is 1.09 bits per heavy atom. The monoisotopic (exact) mass is 310 g/mol. The second kappa shape index (κ2) is 5.92. The standard InChI is InChI=1S/C17H14N2O4/c1-22-12-7-8-14-13(9-12)16(20)19-15(18-14)10-3-5-11(6-4-10)17(21)23-2/h3-9H,1-2H3,(H,18,19,20). The lowest BCUT2D eigenvalue weighted by atomic mass is 10.1. The Kier molecular flexibility index (Phi) is 3.80. The third-order valence-electron chi connectivity index (χ3n) is 3.49. The first-order chi connectivity index (χ1) is 11.1. The number of hydrogen-bond donors (Lipinski definition) is 1. The molecule has 0 aliphatic carbocycles. The molecule has 6 heteroatoms. The Hall–Kier alpha value is -3.15. The Bertz CT molecular complexity index is 929. The van der Waals surface area contributed by atoms with Crippen LogP contribution in [0.4, 0.5) is 0 Å². The third kappa shape index (κ3) is 2.78. The number of hydrogen-bond acceptors (Lipinski definition) is 5. The summed E-state index contributed by atoms with van der Waals surface area (Å²) in [4.78, 5) is 30.9. The van der Waals surface area contributed by atoms with Gasteiger partial charge in [-0.2, -0.15) is 0 Å². The van der Waals surface area contributed by atoms with Gasteiger partial charge in [0.25, 0.3) is 5.56 Å². The van der Waals surface area contributed by atoms with Gasteiger partial charge in [0.2, 0.25) is 0 Å². The van der Waals surface area contributed by atoms with Crippen molar-refractivity contribution >= 4 is 16.9 Å². The summed E-state index contributed by atoms with van der Waals surface area (Å²) in [6.07, 6.45) is 0. The molecule has 1 N–H and O–H groups in total. The summed E-state index contributed by atoms with van der Waals surface area (Å²) < 4.78 is 9.77. The number of nitrogens with one attached hydrogen (secondary N) is 1. The minimum Gasteiger partial charge on any atom is -0.497 e. The highest BCUT2D eigenvalue weighted by molar-refractivity contribution is 5.90. The number of H-pyrrole nitrogens is 1. The Labute approximate surface area is 131 Å². The van der Waals surface area contributed by atoms with Crippen molar-refractivity contribution < 1.29 is 14.3 Å². The average Bonchev–Trinajstić information content (AvgIpc) is 2.60. The van der Waals surface area contributed by atoms with Crippen LogP contribution in [0, 0.1) is 0 Å². The van der Waals surface area contributed by atoms with E-state index in [2.05, 4.69) is 14.7 Å². The van der Waals surface area contributed by atoms with E-state index in [0.717, 1.165) is 0 Å². The molecule has 0 saturated carbocycles. The zero-order valence-electron chi connectivity index (χ0n) is 12.6. The summed E-state index contributed by atoms with van der Waals surface area (Å²) >= 11 is 0. The van der Waals surface area contributed by atoms with Crippen molar-refractivity contribution in [3.63, 3.8) is 0 Å². The van der Waals surface area contributed by atoms with E-state index in [-0.39, 0.29) is 5.56 Å². The summed E-state index contributed by atoms with van der Waals surface area (Å²) in [6, 6.07) is 11.8. The number of fused-ring (bicyclic) bond motifs is 1. The van der Waals surface area contributed by atoms with Gasteiger partial charge in [0.15, 0.2) is 0 Å². The minimum atomic E-state index is -0.413. The van der Waals surface area contributed by atoms with E-state index >= 15 is 0 Å². The maximum atomic E-state index is 12.2. The fourth-order valence-electron chi connectivity index (χ4n) is 2.26. The highest BCUT2D eigenvalue weighted by atomic mass is 16.5. The second-order valence-corrected chi connectivity index (χ2v) is 4.87. The van der Waals surface area contributed by atoms with Gasteiger partial charge < -0.3 is 14.5 Å². The van der Waals surface area contributed by atoms with E-state index in [0.29, 0.717) is 33.6 Å². The van der Waals surface area contributed by atoms with Gasteiger partial charge in [0.05, 0.1) is 30.7 Å². The van der Waals surface area contributed by atoms with Crippen LogP contribution in [0.3, 0.4) is 0 Å². The molecule has 0 atom stereocenters. The van der Waals surface area contributed by atoms with Crippen LogP contribution in [0.5, 0.6) is 5.75 Å². The van der Waals surface area contributed by atoms with Crippen LogP contribution in [0.15, 0.2) is 47.3 Å². The molecule has 0 aliphatic heterocycles. The number of carbonyl (C=O) groups is 1. The molecule has 1 aromatic heterocycles. The van der Waals surface area contributed by atoms with E-state index < -0.39 is 5.97 Å². The van der Waals surface area contributed by atoms with Crippen LogP contribution < -0.4 is 10.3 Å². The van der Waals surface area contributed by atoms with E-state index in [1.54, 1.807) is 49.6 Å². The smallest absolute Gasteiger partial charge is 0.337 e. The molecule has 2 aromatic carbocycles. The number of aromatic amines is 1. The van der Waals surface area contributed by atoms with Crippen molar-refractivity contribution in [2.75, 3.05) is 14.2 Å². The van der Waals surface area contributed by atoms with Crippen molar-refractivity contribution in [3.8, 4) is 17.1 Å². The van der Waals surface area contributed by atoms with Gasteiger partial charge in [-0.05, 0) is 30.3 Å². The predicted molar refractivity (Wildman–Crippen MR) is 85.7 cm³/mol. The van der Waals surface area contributed by atoms with Gasteiger partial charge in [-0.1, -0.05) is 12.1 Å². The molecular weight excluding hydrogens is 296 g/mol. The normalized spacial score (nSPS) is 10.5. The Morgan fingerprint density at radius 3 is 2.48 bits per heavy atom. The molecule has 0 unspecified atom stereocenters. The van der Waals surface area contributed by atoms with Crippen molar-refractivity contribution in [1.29, 1.82) is 0 Å². The van der Waals surface area contributed by atoms with Gasteiger partial charge in [0, 0.05) is 5.56 Å². The number of nitrogens with zero attached hydrogens (tertiary/aromatic N) is 1. The number of aromatic nitrogens is 2. The van der Waals surface area contributed by atoms with Crippen LogP contribution in [-0.2, 0) is 4.74 Å². The summed E-state index contributed by atoms with van der Waals surface area (Å²) in [6.45, 7) is 0. The molecule has 0 radical (unpaired) electrons. The maximum absolute atomic E-state index is 12.2. The first-order valence-electron chi connectivity index (χ1n) is 6.89. The molecule has 0 amide bonds. The molecule has 0 aliphatic rings. The maximum Gasteiger partial charge on any atom is 0.337 e. The second-order valence-electron chi connectivity index (χ2n) is 4.87. The van der Waals surface area contributed by atoms with Crippen LogP contribution in [0.2, 0.25) is 0 Å². The fourth-order valence-corrected chi connectivity index (χ4v) is 2.26. The summed E-state index contributed by atoms with van der Waals surface area (Å²) in [5, 5.41) is 0.458. The first-order valence-corrected chi connectivity index (χ1v) is 6.89. The van der Waals surface area contributed by atoms with Gasteiger partial charge in [-0.3, -0.25) is 4.79 Å². The van der Waals surface area contributed by atoms with Crippen molar-refractivity contribution in [1.82, 2.24) is 9.97 Å². The molecule has 6 nitrogen and oxygen atoms in total. The summed E-state index contributed by atoms with van der Waals surface area (Å²) in [5.74, 6) is 0.618. The lowest BCUT2D eigenvalue weighted by Crippen LogP contribution is -2.09.